The van der Waals surface area contributed by atoms with Crippen LogP contribution in [0.4, 0.5) is 10.1 Å². The van der Waals surface area contributed by atoms with Crippen molar-refractivity contribution in [1.82, 2.24) is 5.32 Å². The number of hydrogen-bond acceptors (Lipinski definition) is 3. The number of piperidine rings is 1. The Hall–Kier alpha value is -1.60. The molecule has 0 aliphatic carbocycles. The van der Waals surface area contributed by atoms with E-state index in [-0.39, 0.29) is 5.56 Å². The van der Waals surface area contributed by atoms with Crippen LogP contribution in [0.1, 0.15) is 18.4 Å². The highest BCUT2D eigenvalue weighted by atomic mass is 19.1. The Labute approximate surface area is 94.3 Å². The molecule has 0 saturated carbocycles. The molecule has 84 valence electrons. The standard InChI is InChI=1S/C12H14FN3/c13-12-6-10(4-3-9(12)7-14)16-11-2-1-5-15-8-11/h3-4,6,11,15-16H,1-2,5,8H2. The van der Waals surface area contributed by atoms with Gasteiger partial charge in [-0.2, -0.15) is 5.26 Å². The molecule has 3 nitrogen and oxygen atoms in total. The van der Waals surface area contributed by atoms with E-state index in [4.69, 9.17) is 5.26 Å². The highest BCUT2D eigenvalue weighted by molar-refractivity contribution is 5.48. The maximum atomic E-state index is 13.3. The van der Waals surface area contributed by atoms with Gasteiger partial charge in [0.05, 0.1) is 5.56 Å². The first-order valence-electron chi connectivity index (χ1n) is 5.46. The summed E-state index contributed by atoms with van der Waals surface area (Å²) >= 11 is 0. The van der Waals surface area contributed by atoms with E-state index in [1.54, 1.807) is 6.07 Å². The molecule has 0 radical (unpaired) electrons. The van der Waals surface area contributed by atoms with E-state index in [9.17, 15) is 4.39 Å². The molecule has 1 atom stereocenters. The van der Waals surface area contributed by atoms with E-state index < -0.39 is 5.82 Å². The topological polar surface area (TPSA) is 47.9 Å². The van der Waals surface area contributed by atoms with Gasteiger partial charge in [-0.15, -0.1) is 0 Å². The Morgan fingerprint density at radius 3 is 3.00 bits per heavy atom. The highest BCUT2D eigenvalue weighted by Gasteiger charge is 2.12. The fourth-order valence-corrected chi connectivity index (χ4v) is 1.91. The Kier molecular flexibility index (Phi) is 3.37. The summed E-state index contributed by atoms with van der Waals surface area (Å²) in [7, 11) is 0. The molecule has 1 aromatic carbocycles. The molecule has 0 bridgehead atoms. The summed E-state index contributed by atoms with van der Waals surface area (Å²) in [5.74, 6) is -0.462. The molecule has 1 saturated heterocycles. The van der Waals surface area contributed by atoms with Gasteiger partial charge in [-0.1, -0.05) is 0 Å². The van der Waals surface area contributed by atoms with Gasteiger partial charge in [0, 0.05) is 18.3 Å². The predicted octanol–water partition coefficient (Wildman–Crippen LogP) is 1.86. The predicted molar refractivity (Wildman–Crippen MR) is 60.6 cm³/mol. The fraction of sp³-hybridized carbons (Fsp3) is 0.417. The summed E-state index contributed by atoms with van der Waals surface area (Å²) in [5, 5.41) is 15.2. The normalized spacial score (nSPS) is 20.1. The zero-order valence-electron chi connectivity index (χ0n) is 8.96. The maximum absolute atomic E-state index is 13.3. The number of nitrogens with one attached hydrogen (secondary N) is 2. The lowest BCUT2D eigenvalue weighted by Crippen LogP contribution is -2.38. The summed E-state index contributed by atoms with van der Waals surface area (Å²) in [6.45, 7) is 1.96. The molecule has 16 heavy (non-hydrogen) atoms. The van der Waals surface area contributed by atoms with Crippen molar-refractivity contribution >= 4 is 5.69 Å². The van der Waals surface area contributed by atoms with E-state index in [0.717, 1.165) is 31.6 Å². The second-order valence-electron chi connectivity index (χ2n) is 3.99. The molecular weight excluding hydrogens is 205 g/mol. The number of halogens is 1. The molecule has 1 aliphatic heterocycles. The lowest BCUT2D eigenvalue weighted by atomic mass is 10.1. The van der Waals surface area contributed by atoms with Crippen molar-refractivity contribution in [3.8, 4) is 6.07 Å². The largest absolute Gasteiger partial charge is 0.381 e. The molecule has 1 heterocycles. The average Bonchev–Trinajstić information content (AvgIpc) is 2.31. The molecule has 1 aliphatic rings. The number of nitrogens with zero attached hydrogens (tertiary/aromatic N) is 1. The average molecular weight is 219 g/mol. The maximum Gasteiger partial charge on any atom is 0.143 e. The molecule has 0 spiro atoms. The van der Waals surface area contributed by atoms with Gasteiger partial charge in [0.15, 0.2) is 0 Å². The summed E-state index contributed by atoms with van der Waals surface area (Å²) in [6, 6.07) is 6.80. The number of benzene rings is 1. The van der Waals surface area contributed by atoms with Gasteiger partial charge in [-0.25, -0.2) is 4.39 Å². The minimum absolute atomic E-state index is 0.0901. The van der Waals surface area contributed by atoms with Crippen molar-refractivity contribution in [1.29, 1.82) is 5.26 Å². The minimum Gasteiger partial charge on any atom is -0.381 e. The summed E-state index contributed by atoms with van der Waals surface area (Å²) in [5.41, 5.74) is 0.831. The molecule has 0 amide bonds. The molecule has 0 aromatic heterocycles. The molecule has 4 heteroatoms. The van der Waals surface area contributed by atoms with Crippen molar-refractivity contribution in [2.75, 3.05) is 18.4 Å². The molecule has 2 rings (SSSR count). The van der Waals surface area contributed by atoms with Gasteiger partial charge in [0.25, 0.3) is 0 Å². The third-order valence-electron chi connectivity index (χ3n) is 2.76. The first-order chi connectivity index (χ1) is 7.79. The van der Waals surface area contributed by atoms with Gasteiger partial charge in [-0.3, -0.25) is 0 Å². The zero-order valence-corrected chi connectivity index (χ0v) is 8.96. The van der Waals surface area contributed by atoms with Crippen LogP contribution in [0.15, 0.2) is 18.2 Å². The number of nitriles is 1. The van der Waals surface area contributed by atoms with E-state index in [2.05, 4.69) is 10.6 Å². The van der Waals surface area contributed by atoms with Gasteiger partial charge in [0.2, 0.25) is 0 Å². The Morgan fingerprint density at radius 2 is 2.38 bits per heavy atom. The first-order valence-corrected chi connectivity index (χ1v) is 5.46. The molecule has 1 aromatic rings. The van der Waals surface area contributed by atoms with Gasteiger partial charge in [-0.05, 0) is 37.6 Å². The van der Waals surface area contributed by atoms with Crippen LogP contribution in [-0.2, 0) is 0 Å². The number of rotatable bonds is 2. The molecule has 2 N–H and O–H groups in total. The van der Waals surface area contributed by atoms with Crippen molar-refractivity contribution in [2.45, 2.75) is 18.9 Å². The molecule has 1 fully saturated rings. The van der Waals surface area contributed by atoms with Crippen LogP contribution >= 0.6 is 0 Å². The second-order valence-corrected chi connectivity index (χ2v) is 3.99. The third-order valence-corrected chi connectivity index (χ3v) is 2.76. The summed E-state index contributed by atoms with van der Waals surface area (Å²) in [4.78, 5) is 0. The van der Waals surface area contributed by atoms with E-state index in [0.29, 0.717) is 6.04 Å². The van der Waals surface area contributed by atoms with Crippen LogP contribution in [0, 0.1) is 17.1 Å². The Morgan fingerprint density at radius 1 is 1.50 bits per heavy atom. The number of anilines is 1. The van der Waals surface area contributed by atoms with Gasteiger partial charge < -0.3 is 10.6 Å². The summed E-state index contributed by atoms with van der Waals surface area (Å²) in [6.07, 6.45) is 2.23. The number of hydrogen-bond donors (Lipinski definition) is 2. The van der Waals surface area contributed by atoms with Gasteiger partial charge >= 0.3 is 0 Å². The lowest BCUT2D eigenvalue weighted by Gasteiger charge is -2.24. The van der Waals surface area contributed by atoms with Crippen molar-refractivity contribution in [3.63, 3.8) is 0 Å². The fourth-order valence-electron chi connectivity index (χ4n) is 1.91. The van der Waals surface area contributed by atoms with Crippen LogP contribution in [-0.4, -0.2) is 19.1 Å². The van der Waals surface area contributed by atoms with Crippen molar-refractivity contribution < 1.29 is 4.39 Å². The van der Waals surface area contributed by atoms with E-state index >= 15 is 0 Å². The van der Waals surface area contributed by atoms with Gasteiger partial charge in [0.1, 0.15) is 11.9 Å². The van der Waals surface area contributed by atoms with Crippen molar-refractivity contribution in [2.24, 2.45) is 0 Å². The molecular formula is C12H14FN3. The smallest absolute Gasteiger partial charge is 0.143 e. The highest BCUT2D eigenvalue weighted by Crippen LogP contribution is 2.16. The van der Waals surface area contributed by atoms with E-state index in [1.165, 1.54) is 12.1 Å². The van der Waals surface area contributed by atoms with Crippen LogP contribution in [0.2, 0.25) is 0 Å². The zero-order chi connectivity index (χ0) is 11.4. The second kappa shape index (κ2) is 4.95. The lowest BCUT2D eigenvalue weighted by molar-refractivity contribution is 0.479. The van der Waals surface area contributed by atoms with Crippen LogP contribution in [0.25, 0.3) is 0 Å². The van der Waals surface area contributed by atoms with E-state index in [1.807, 2.05) is 6.07 Å². The quantitative estimate of drug-likeness (QED) is 0.798. The Balaban J connectivity index is 2.04. The first kappa shape index (κ1) is 10.9. The third kappa shape index (κ3) is 2.50. The minimum atomic E-state index is -0.462. The summed E-state index contributed by atoms with van der Waals surface area (Å²) < 4.78 is 13.3. The van der Waals surface area contributed by atoms with Crippen LogP contribution in [0.5, 0.6) is 0 Å². The van der Waals surface area contributed by atoms with Crippen molar-refractivity contribution in [3.05, 3.63) is 29.6 Å². The van der Waals surface area contributed by atoms with Crippen LogP contribution < -0.4 is 10.6 Å². The Bertz CT molecular complexity index is 405. The molecule has 1 unspecified atom stereocenters. The van der Waals surface area contributed by atoms with Crippen LogP contribution in [0.3, 0.4) is 0 Å². The SMILES string of the molecule is N#Cc1ccc(NC2CCCNC2)cc1F. The monoisotopic (exact) mass is 219 g/mol.